The van der Waals surface area contributed by atoms with Crippen LogP contribution in [0.2, 0.25) is 0 Å². The molecule has 1 aromatic carbocycles. The molecule has 0 spiro atoms. The van der Waals surface area contributed by atoms with Gasteiger partial charge in [-0.2, -0.15) is 11.3 Å². The zero-order valence-corrected chi connectivity index (χ0v) is 13.6. The van der Waals surface area contributed by atoms with Crippen molar-refractivity contribution >= 4 is 60.3 Å². The van der Waals surface area contributed by atoms with Crippen LogP contribution in [0, 0.1) is 0 Å². The second-order valence-electron chi connectivity index (χ2n) is 4.27. The molecule has 3 N–H and O–H groups in total. The first-order chi connectivity index (χ1) is 9.66. The third kappa shape index (κ3) is 2.46. The van der Waals surface area contributed by atoms with E-state index < -0.39 is 0 Å². The van der Waals surface area contributed by atoms with Gasteiger partial charge in [-0.05, 0) is 34.5 Å². The van der Waals surface area contributed by atoms with Crippen LogP contribution in [-0.4, -0.2) is 5.91 Å². The largest absolute Gasteiger partial charge is 0.397 e. The predicted molar refractivity (Wildman–Crippen MR) is 89.4 cm³/mol. The molecule has 0 unspecified atom stereocenters. The number of carbonyl (C=O) groups excluding carboxylic acids is 1. The lowest BCUT2D eigenvalue weighted by atomic mass is 10.2. The highest BCUT2D eigenvalue weighted by Crippen LogP contribution is 2.38. The molecule has 0 aliphatic rings. The van der Waals surface area contributed by atoms with Crippen molar-refractivity contribution in [3.05, 3.63) is 49.9 Å². The highest BCUT2D eigenvalue weighted by atomic mass is 79.9. The summed E-state index contributed by atoms with van der Waals surface area (Å²) in [6, 6.07) is 7.83. The zero-order valence-electron chi connectivity index (χ0n) is 10.4. The molecule has 0 aliphatic heterocycles. The molecule has 3 rings (SSSR count). The van der Waals surface area contributed by atoms with Crippen molar-refractivity contribution < 1.29 is 4.79 Å². The number of nitrogens with one attached hydrogen (secondary N) is 1. The number of amides is 1. The van der Waals surface area contributed by atoms with Crippen molar-refractivity contribution in [2.75, 3.05) is 5.73 Å². The standard InChI is InChI=1S/C14H11BrN2OS2/c15-9-2-1-3-10-11(9)12(16)13(20-10)14(18)17-6-8-4-5-19-7-8/h1-5,7H,6,16H2,(H,17,18). The quantitative estimate of drug-likeness (QED) is 0.728. The predicted octanol–water partition coefficient (Wildman–Crippen LogP) is 4.24. The molecule has 0 saturated carbocycles. The lowest BCUT2D eigenvalue weighted by Crippen LogP contribution is -2.22. The minimum atomic E-state index is -0.123. The van der Waals surface area contributed by atoms with Crippen LogP contribution in [0.3, 0.4) is 0 Å². The fourth-order valence-corrected chi connectivity index (χ4v) is 4.40. The molecule has 1 amide bonds. The molecule has 20 heavy (non-hydrogen) atoms. The molecule has 0 radical (unpaired) electrons. The van der Waals surface area contributed by atoms with Gasteiger partial charge in [-0.25, -0.2) is 0 Å². The lowest BCUT2D eigenvalue weighted by Gasteiger charge is -2.02. The Morgan fingerprint density at radius 1 is 1.35 bits per heavy atom. The average Bonchev–Trinajstić information content (AvgIpc) is 3.05. The minimum absolute atomic E-state index is 0.123. The SMILES string of the molecule is Nc1c(C(=O)NCc2ccsc2)sc2cccc(Br)c12. The van der Waals surface area contributed by atoms with Crippen molar-refractivity contribution in [2.24, 2.45) is 0 Å². The number of fused-ring (bicyclic) bond motifs is 1. The van der Waals surface area contributed by atoms with Gasteiger partial charge in [-0.15, -0.1) is 11.3 Å². The van der Waals surface area contributed by atoms with Crippen LogP contribution >= 0.6 is 38.6 Å². The summed E-state index contributed by atoms with van der Waals surface area (Å²) in [5, 5.41) is 7.83. The number of thiophene rings is 2. The second kappa shape index (κ2) is 5.55. The second-order valence-corrected chi connectivity index (χ2v) is 6.96. The number of benzene rings is 1. The van der Waals surface area contributed by atoms with Crippen LogP contribution in [-0.2, 0) is 6.54 Å². The third-order valence-corrected chi connectivity index (χ3v) is 5.50. The molecule has 2 heterocycles. The van der Waals surface area contributed by atoms with Crippen molar-refractivity contribution in [1.29, 1.82) is 0 Å². The van der Waals surface area contributed by atoms with E-state index >= 15 is 0 Å². The Labute approximate surface area is 132 Å². The van der Waals surface area contributed by atoms with Crippen LogP contribution < -0.4 is 11.1 Å². The number of rotatable bonds is 3. The number of hydrogen-bond acceptors (Lipinski definition) is 4. The van der Waals surface area contributed by atoms with E-state index in [2.05, 4.69) is 21.2 Å². The van der Waals surface area contributed by atoms with Crippen molar-refractivity contribution in [1.82, 2.24) is 5.32 Å². The highest BCUT2D eigenvalue weighted by Gasteiger charge is 2.17. The van der Waals surface area contributed by atoms with Crippen molar-refractivity contribution in [3.63, 3.8) is 0 Å². The first-order valence-electron chi connectivity index (χ1n) is 5.92. The molecule has 3 aromatic rings. The Morgan fingerprint density at radius 2 is 2.20 bits per heavy atom. The van der Waals surface area contributed by atoms with Crippen LogP contribution in [0.1, 0.15) is 15.2 Å². The van der Waals surface area contributed by atoms with Crippen LogP contribution in [0.4, 0.5) is 5.69 Å². The third-order valence-electron chi connectivity index (χ3n) is 2.94. The van der Waals surface area contributed by atoms with Gasteiger partial charge in [0.1, 0.15) is 4.88 Å². The number of anilines is 1. The Balaban J connectivity index is 1.88. The molecule has 102 valence electrons. The molecule has 3 nitrogen and oxygen atoms in total. The highest BCUT2D eigenvalue weighted by molar-refractivity contribution is 9.10. The summed E-state index contributed by atoms with van der Waals surface area (Å²) < 4.78 is 1.93. The van der Waals surface area contributed by atoms with E-state index in [9.17, 15) is 4.79 Å². The van der Waals surface area contributed by atoms with Crippen LogP contribution in [0.5, 0.6) is 0 Å². The van der Waals surface area contributed by atoms with Gasteiger partial charge >= 0.3 is 0 Å². The van der Waals surface area contributed by atoms with Gasteiger partial charge in [0, 0.05) is 21.1 Å². The smallest absolute Gasteiger partial charge is 0.263 e. The van der Waals surface area contributed by atoms with Crippen molar-refractivity contribution in [2.45, 2.75) is 6.54 Å². The van der Waals surface area contributed by atoms with E-state index in [0.29, 0.717) is 17.1 Å². The fourth-order valence-electron chi connectivity index (χ4n) is 1.95. The van der Waals surface area contributed by atoms with Gasteiger partial charge < -0.3 is 11.1 Å². The van der Waals surface area contributed by atoms with Gasteiger partial charge in [-0.1, -0.05) is 22.0 Å². The molecule has 2 aromatic heterocycles. The Hall–Kier alpha value is -1.37. The number of hydrogen-bond donors (Lipinski definition) is 2. The summed E-state index contributed by atoms with van der Waals surface area (Å²) in [7, 11) is 0. The Morgan fingerprint density at radius 3 is 2.90 bits per heavy atom. The summed E-state index contributed by atoms with van der Waals surface area (Å²) in [6.45, 7) is 0.525. The first kappa shape index (κ1) is 13.6. The molecule has 0 aliphatic carbocycles. The number of nitrogen functional groups attached to an aromatic ring is 1. The number of carbonyl (C=O) groups is 1. The Kier molecular flexibility index (Phi) is 3.78. The van der Waals surface area contributed by atoms with E-state index in [1.54, 1.807) is 11.3 Å². The lowest BCUT2D eigenvalue weighted by molar-refractivity contribution is 0.0956. The van der Waals surface area contributed by atoms with Crippen LogP contribution in [0.25, 0.3) is 10.1 Å². The summed E-state index contributed by atoms with van der Waals surface area (Å²) in [4.78, 5) is 12.8. The molecule has 0 bridgehead atoms. The van der Waals surface area contributed by atoms with Gasteiger partial charge in [0.15, 0.2) is 0 Å². The topological polar surface area (TPSA) is 55.1 Å². The monoisotopic (exact) mass is 366 g/mol. The van der Waals surface area contributed by atoms with E-state index in [-0.39, 0.29) is 5.91 Å². The normalized spacial score (nSPS) is 10.8. The van der Waals surface area contributed by atoms with E-state index in [1.165, 1.54) is 11.3 Å². The zero-order chi connectivity index (χ0) is 14.1. The molecule has 6 heteroatoms. The molecule has 0 fully saturated rings. The Bertz CT molecular complexity index is 765. The maximum atomic E-state index is 12.2. The van der Waals surface area contributed by atoms with Gasteiger partial charge in [-0.3, -0.25) is 4.79 Å². The van der Waals surface area contributed by atoms with E-state index in [0.717, 1.165) is 20.1 Å². The number of nitrogens with two attached hydrogens (primary N) is 1. The minimum Gasteiger partial charge on any atom is -0.397 e. The van der Waals surface area contributed by atoms with Crippen LogP contribution in [0.15, 0.2) is 39.5 Å². The molecule has 0 atom stereocenters. The van der Waals surface area contributed by atoms with E-state index in [1.807, 2.05) is 35.0 Å². The average molecular weight is 367 g/mol. The molecular weight excluding hydrogens is 356 g/mol. The molecule has 0 saturated heterocycles. The van der Waals surface area contributed by atoms with Gasteiger partial charge in [0.25, 0.3) is 5.91 Å². The maximum Gasteiger partial charge on any atom is 0.263 e. The fraction of sp³-hybridized carbons (Fsp3) is 0.0714. The summed E-state index contributed by atoms with van der Waals surface area (Å²) >= 11 is 6.51. The summed E-state index contributed by atoms with van der Waals surface area (Å²) in [5.74, 6) is -0.123. The number of halogens is 1. The maximum absolute atomic E-state index is 12.2. The van der Waals surface area contributed by atoms with Gasteiger partial charge in [0.05, 0.1) is 5.69 Å². The van der Waals surface area contributed by atoms with Crippen molar-refractivity contribution in [3.8, 4) is 0 Å². The van der Waals surface area contributed by atoms with E-state index in [4.69, 9.17) is 5.73 Å². The summed E-state index contributed by atoms with van der Waals surface area (Å²) in [6.07, 6.45) is 0. The molecular formula is C14H11BrN2OS2. The first-order valence-corrected chi connectivity index (χ1v) is 8.48. The van der Waals surface area contributed by atoms with Gasteiger partial charge in [0.2, 0.25) is 0 Å². The summed E-state index contributed by atoms with van der Waals surface area (Å²) in [5.41, 5.74) is 7.75.